The lowest BCUT2D eigenvalue weighted by molar-refractivity contribution is 0.357. The van der Waals surface area contributed by atoms with Crippen LogP contribution in [0.2, 0.25) is 0 Å². The van der Waals surface area contributed by atoms with Crippen LogP contribution in [0.3, 0.4) is 0 Å². The van der Waals surface area contributed by atoms with E-state index >= 15 is 0 Å². The van der Waals surface area contributed by atoms with Crippen molar-refractivity contribution in [2.45, 2.75) is 123 Å². The first-order valence-corrected chi connectivity index (χ1v) is 19.4. The minimum absolute atomic E-state index is 0.117. The van der Waals surface area contributed by atoms with E-state index in [4.69, 9.17) is 4.98 Å². The summed E-state index contributed by atoms with van der Waals surface area (Å²) in [5.41, 5.74) is 10.6. The zero-order valence-corrected chi connectivity index (χ0v) is 33.1. The van der Waals surface area contributed by atoms with Crippen LogP contribution in [-0.2, 0) is 10.8 Å². The van der Waals surface area contributed by atoms with Crippen LogP contribution in [0.1, 0.15) is 123 Å². The molecule has 5 aromatic rings. The molecule has 52 heavy (non-hydrogen) atoms. The minimum Gasteiger partial charge on any atom is -0.336 e. The number of para-hydroxylation sites is 1. The van der Waals surface area contributed by atoms with Gasteiger partial charge in [0.1, 0.15) is 11.6 Å². The molecule has 272 valence electrons. The summed E-state index contributed by atoms with van der Waals surface area (Å²) in [6, 6.07) is 38.6. The van der Waals surface area contributed by atoms with Crippen LogP contribution in [0, 0.1) is 5.82 Å². The van der Waals surface area contributed by atoms with E-state index in [-0.39, 0.29) is 28.2 Å². The highest BCUT2D eigenvalue weighted by atomic mass is 19.1. The number of aromatic nitrogens is 1. The number of benzene rings is 4. The molecule has 0 saturated carbocycles. The SMILES string of the molecule is CCCC(C)(c1ccc2c(c1)C(C)(C)c1cc(N(c3ccc(F)cc3)C(C)(C)CCC)ccc1-2)C(C)N(c1ccccc1)c1cccc(C(C)C)n1. The number of fused-ring (bicyclic) bond motifs is 3. The first kappa shape index (κ1) is 37.3. The Morgan fingerprint density at radius 2 is 1.29 bits per heavy atom. The Balaban J connectivity index is 1.44. The first-order chi connectivity index (χ1) is 24.7. The number of nitrogens with zero attached hydrogens (tertiary/aromatic N) is 3. The van der Waals surface area contributed by atoms with Crippen molar-refractivity contribution < 1.29 is 4.39 Å². The Labute approximate surface area is 312 Å². The molecule has 0 N–H and O–H groups in total. The summed E-state index contributed by atoms with van der Waals surface area (Å²) in [7, 11) is 0. The van der Waals surface area contributed by atoms with E-state index < -0.39 is 0 Å². The smallest absolute Gasteiger partial charge is 0.133 e. The summed E-state index contributed by atoms with van der Waals surface area (Å²) in [6.07, 6.45) is 4.18. The summed E-state index contributed by atoms with van der Waals surface area (Å²) in [5, 5.41) is 0. The molecule has 6 rings (SSSR count). The number of hydrogen-bond acceptors (Lipinski definition) is 3. The third-order valence-corrected chi connectivity index (χ3v) is 11.8. The van der Waals surface area contributed by atoms with Crippen molar-refractivity contribution in [2.24, 2.45) is 0 Å². The standard InChI is InChI=1S/C48H58FN3/c1-11-29-46(6,7)52(38-24-22-36(49)23-25-38)39-26-28-41-40-27-21-35(31-42(40)47(8,9)43(41)32-39)48(10,30-12-2)34(5)51(37-17-14-13-15-18-37)45-20-16-19-44(50-45)33(3)4/h13-28,31-34H,11-12,29-30H2,1-10H3. The van der Waals surface area contributed by atoms with Gasteiger partial charge in [0.05, 0.1) is 0 Å². The van der Waals surface area contributed by atoms with Gasteiger partial charge in [-0.15, -0.1) is 0 Å². The second kappa shape index (κ2) is 14.5. The maximum absolute atomic E-state index is 14.1. The molecule has 1 aromatic heterocycles. The molecule has 0 aliphatic heterocycles. The Morgan fingerprint density at radius 3 is 1.92 bits per heavy atom. The molecule has 1 aliphatic rings. The van der Waals surface area contributed by atoms with Gasteiger partial charge < -0.3 is 9.80 Å². The van der Waals surface area contributed by atoms with Crippen molar-refractivity contribution in [3.05, 3.63) is 137 Å². The molecular formula is C48H58FN3. The number of rotatable bonds is 13. The fourth-order valence-electron chi connectivity index (χ4n) is 8.82. The number of hydrogen-bond donors (Lipinski definition) is 0. The van der Waals surface area contributed by atoms with Gasteiger partial charge in [-0.1, -0.05) is 110 Å². The maximum atomic E-state index is 14.1. The van der Waals surface area contributed by atoms with Crippen LogP contribution in [0.15, 0.2) is 109 Å². The van der Waals surface area contributed by atoms with Gasteiger partial charge in [-0.25, -0.2) is 9.37 Å². The second-order valence-corrected chi connectivity index (χ2v) is 16.6. The molecule has 3 nitrogen and oxygen atoms in total. The highest BCUT2D eigenvalue weighted by Gasteiger charge is 2.42. The van der Waals surface area contributed by atoms with E-state index in [2.05, 4.69) is 164 Å². The average molecular weight is 696 g/mol. The Hall–Kier alpha value is -4.44. The van der Waals surface area contributed by atoms with Gasteiger partial charge in [0, 0.05) is 45.2 Å². The van der Waals surface area contributed by atoms with Crippen molar-refractivity contribution in [3.63, 3.8) is 0 Å². The fourth-order valence-corrected chi connectivity index (χ4v) is 8.82. The quantitative estimate of drug-likeness (QED) is 0.122. The average Bonchev–Trinajstić information content (AvgIpc) is 3.35. The molecule has 0 amide bonds. The van der Waals surface area contributed by atoms with Crippen molar-refractivity contribution in [2.75, 3.05) is 9.80 Å². The largest absolute Gasteiger partial charge is 0.336 e. The number of halogens is 1. The van der Waals surface area contributed by atoms with E-state index in [1.165, 1.54) is 27.8 Å². The lowest BCUT2D eigenvalue weighted by Crippen LogP contribution is -2.46. The second-order valence-electron chi connectivity index (χ2n) is 16.6. The molecule has 2 atom stereocenters. The van der Waals surface area contributed by atoms with E-state index in [0.717, 1.165) is 54.3 Å². The molecule has 0 spiro atoms. The molecule has 4 heteroatoms. The molecule has 1 aliphatic carbocycles. The van der Waals surface area contributed by atoms with Gasteiger partial charge in [-0.2, -0.15) is 0 Å². The van der Waals surface area contributed by atoms with Gasteiger partial charge in [0.2, 0.25) is 0 Å². The highest BCUT2D eigenvalue weighted by molar-refractivity contribution is 5.84. The van der Waals surface area contributed by atoms with E-state index in [9.17, 15) is 4.39 Å². The van der Waals surface area contributed by atoms with Crippen LogP contribution in [0.5, 0.6) is 0 Å². The third kappa shape index (κ3) is 6.77. The lowest BCUT2D eigenvalue weighted by Gasteiger charge is -2.44. The van der Waals surface area contributed by atoms with E-state index in [1.807, 2.05) is 12.1 Å². The molecule has 0 saturated heterocycles. The van der Waals surface area contributed by atoms with Gasteiger partial charge in [-0.3, -0.25) is 0 Å². The van der Waals surface area contributed by atoms with Crippen molar-refractivity contribution in [3.8, 4) is 11.1 Å². The lowest BCUT2D eigenvalue weighted by atomic mass is 9.70. The summed E-state index contributed by atoms with van der Waals surface area (Å²) in [6.45, 7) is 23.1. The van der Waals surface area contributed by atoms with Gasteiger partial charge in [-0.05, 0) is 128 Å². The summed E-state index contributed by atoms with van der Waals surface area (Å²) in [5.74, 6) is 1.12. The van der Waals surface area contributed by atoms with Crippen LogP contribution in [0.25, 0.3) is 11.1 Å². The predicted molar refractivity (Wildman–Crippen MR) is 220 cm³/mol. The van der Waals surface area contributed by atoms with Gasteiger partial charge >= 0.3 is 0 Å². The van der Waals surface area contributed by atoms with Crippen LogP contribution >= 0.6 is 0 Å². The van der Waals surface area contributed by atoms with Crippen LogP contribution in [-0.4, -0.2) is 16.6 Å². The molecule has 0 bridgehead atoms. The highest BCUT2D eigenvalue weighted by Crippen LogP contribution is 2.52. The van der Waals surface area contributed by atoms with E-state index in [0.29, 0.717) is 5.92 Å². The minimum atomic E-state index is -0.213. The summed E-state index contributed by atoms with van der Waals surface area (Å²) >= 11 is 0. The normalized spacial score (nSPS) is 15.2. The van der Waals surface area contributed by atoms with E-state index in [1.54, 1.807) is 12.1 Å². The van der Waals surface area contributed by atoms with Crippen molar-refractivity contribution in [1.82, 2.24) is 4.98 Å². The zero-order valence-electron chi connectivity index (χ0n) is 33.1. The zero-order chi connectivity index (χ0) is 37.4. The molecule has 4 aromatic carbocycles. The Kier molecular flexibility index (Phi) is 10.4. The third-order valence-electron chi connectivity index (χ3n) is 11.8. The molecular weight excluding hydrogens is 638 g/mol. The van der Waals surface area contributed by atoms with Gasteiger partial charge in [0.15, 0.2) is 0 Å². The van der Waals surface area contributed by atoms with Crippen LogP contribution in [0.4, 0.5) is 27.3 Å². The molecule has 0 radical (unpaired) electrons. The molecule has 1 heterocycles. The maximum Gasteiger partial charge on any atom is 0.133 e. The summed E-state index contributed by atoms with van der Waals surface area (Å²) < 4.78 is 14.1. The Morgan fingerprint density at radius 1 is 0.673 bits per heavy atom. The van der Waals surface area contributed by atoms with Crippen LogP contribution < -0.4 is 9.80 Å². The Bertz CT molecular complexity index is 1990. The first-order valence-electron chi connectivity index (χ1n) is 19.4. The number of anilines is 4. The van der Waals surface area contributed by atoms with Crippen molar-refractivity contribution in [1.29, 1.82) is 0 Å². The fraction of sp³-hybridized carbons (Fsp3) is 0.396. The molecule has 2 unspecified atom stereocenters. The number of pyridine rings is 1. The molecule has 0 fully saturated rings. The summed E-state index contributed by atoms with van der Waals surface area (Å²) in [4.78, 5) is 10.1. The van der Waals surface area contributed by atoms with Crippen molar-refractivity contribution >= 4 is 22.9 Å². The predicted octanol–water partition coefficient (Wildman–Crippen LogP) is 13.7. The monoisotopic (exact) mass is 695 g/mol. The topological polar surface area (TPSA) is 19.4 Å². The van der Waals surface area contributed by atoms with Gasteiger partial charge in [0.25, 0.3) is 0 Å².